The van der Waals surface area contributed by atoms with Crippen molar-refractivity contribution in [1.29, 1.82) is 0 Å². The number of rotatable bonds is 8. The van der Waals surface area contributed by atoms with Gasteiger partial charge in [0.15, 0.2) is 11.5 Å². The number of aromatic nitrogens is 2. The minimum atomic E-state index is -0.202. The number of likely N-dealkylation sites (N-methyl/N-ethyl adjacent to an activating group) is 1. The molecule has 0 aliphatic carbocycles. The third kappa shape index (κ3) is 4.72. The van der Waals surface area contributed by atoms with Gasteiger partial charge in [-0.05, 0) is 13.1 Å². The van der Waals surface area contributed by atoms with Crippen molar-refractivity contribution in [2.75, 3.05) is 66.7 Å². The highest BCUT2D eigenvalue weighted by Crippen LogP contribution is 2.30. The van der Waals surface area contributed by atoms with Gasteiger partial charge in [-0.3, -0.25) is 9.69 Å². The smallest absolute Gasteiger partial charge is 0.258 e. The van der Waals surface area contributed by atoms with Crippen LogP contribution in [0.2, 0.25) is 0 Å². The molecular formula is C18H26N4O4. The van der Waals surface area contributed by atoms with Gasteiger partial charge in [0.05, 0.1) is 37.6 Å². The second kappa shape index (κ2) is 8.98. The lowest BCUT2D eigenvalue weighted by Gasteiger charge is -2.32. The van der Waals surface area contributed by atoms with E-state index < -0.39 is 0 Å². The van der Waals surface area contributed by atoms with Crippen molar-refractivity contribution in [3.63, 3.8) is 0 Å². The Kier molecular flexibility index (Phi) is 6.43. The van der Waals surface area contributed by atoms with Crippen molar-refractivity contribution in [3.8, 4) is 11.5 Å². The van der Waals surface area contributed by atoms with Crippen LogP contribution >= 0.6 is 0 Å². The molecule has 8 heteroatoms. The molecule has 0 atom stereocenters. The molecule has 1 aliphatic heterocycles. The van der Waals surface area contributed by atoms with Gasteiger partial charge in [0.1, 0.15) is 6.61 Å². The van der Waals surface area contributed by atoms with Crippen LogP contribution in [0, 0.1) is 0 Å². The van der Waals surface area contributed by atoms with E-state index in [4.69, 9.17) is 14.2 Å². The monoisotopic (exact) mass is 362 g/mol. The summed E-state index contributed by atoms with van der Waals surface area (Å²) in [5.74, 6) is 1.06. The van der Waals surface area contributed by atoms with E-state index in [1.54, 1.807) is 19.2 Å². The third-order valence-electron chi connectivity index (χ3n) is 4.56. The molecule has 0 unspecified atom stereocenters. The number of piperazine rings is 1. The number of H-pyrrole nitrogens is 1. The lowest BCUT2D eigenvalue weighted by atomic mass is 10.2. The van der Waals surface area contributed by atoms with E-state index in [2.05, 4.69) is 26.8 Å². The molecule has 0 spiro atoms. The zero-order valence-corrected chi connectivity index (χ0v) is 15.4. The molecular weight excluding hydrogens is 336 g/mol. The molecule has 1 saturated heterocycles. The van der Waals surface area contributed by atoms with E-state index in [0.29, 0.717) is 42.2 Å². The summed E-state index contributed by atoms with van der Waals surface area (Å²) in [7, 11) is 3.70. The molecule has 26 heavy (non-hydrogen) atoms. The first kappa shape index (κ1) is 18.6. The summed E-state index contributed by atoms with van der Waals surface area (Å²) >= 11 is 0. The zero-order chi connectivity index (χ0) is 18.4. The Labute approximate surface area is 152 Å². The van der Waals surface area contributed by atoms with Gasteiger partial charge in [-0.25, -0.2) is 4.98 Å². The Morgan fingerprint density at radius 2 is 1.92 bits per heavy atom. The summed E-state index contributed by atoms with van der Waals surface area (Å²) in [6, 6.07) is 3.36. The van der Waals surface area contributed by atoms with Crippen LogP contribution in [0.25, 0.3) is 10.9 Å². The topological polar surface area (TPSA) is 79.9 Å². The summed E-state index contributed by atoms with van der Waals surface area (Å²) in [5.41, 5.74) is 0.368. The number of nitrogens with zero attached hydrogens (tertiary/aromatic N) is 3. The van der Waals surface area contributed by atoms with Gasteiger partial charge < -0.3 is 24.1 Å². The summed E-state index contributed by atoms with van der Waals surface area (Å²) in [6.07, 6.45) is 1.38. The summed E-state index contributed by atoms with van der Waals surface area (Å²) < 4.78 is 16.8. The maximum Gasteiger partial charge on any atom is 0.258 e. The van der Waals surface area contributed by atoms with Gasteiger partial charge in [-0.1, -0.05) is 0 Å². The van der Waals surface area contributed by atoms with Gasteiger partial charge in [0, 0.05) is 38.8 Å². The average molecular weight is 362 g/mol. The number of nitrogens with one attached hydrogen (secondary N) is 1. The Hall–Kier alpha value is -2.16. The Bertz CT molecular complexity index is 771. The molecule has 0 saturated carbocycles. The highest BCUT2D eigenvalue weighted by Gasteiger charge is 2.13. The van der Waals surface area contributed by atoms with E-state index in [0.717, 1.165) is 32.7 Å². The van der Waals surface area contributed by atoms with Crippen LogP contribution in [0.3, 0.4) is 0 Å². The van der Waals surface area contributed by atoms with Crippen molar-refractivity contribution in [1.82, 2.24) is 19.8 Å². The fraction of sp³-hybridized carbons (Fsp3) is 0.556. The minimum Gasteiger partial charge on any atom is -0.493 e. The van der Waals surface area contributed by atoms with E-state index >= 15 is 0 Å². The maximum atomic E-state index is 11.8. The Balaban J connectivity index is 1.45. The van der Waals surface area contributed by atoms with Gasteiger partial charge >= 0.3 is 0 Å². The van der Waals surface area contributed by atoms with Gasteiger partial charge in [0.2, 0.25) is 0 Å². The number of hydrogen-bond acceptors (Lipinski definition) is 7. The number of benzene rings is 1. The van der Waals surface area contributed by atoms with E-state index in [-0.39, 0.29) is 5.56 Å². The molecule has 1 fully saturated rings. The molecule has 8 nitrogen and oxygen atoms in total. The fourth-order valence-corrected chi connectivity index (χ4v) is 2.93. The van der Waals surface area contributed by atoms with Crippen molar-refractivity contribution in [3.05, 3.63) is 28.8 Å². The molecule has 1 aromatic heterocycles. The normalized spacial score (nSPS) is 16.1. The van der Waals surface area contributed by atoms with Crippen LogP contribution in [0.5, 0.6) is 11.5 Å². The van der Waals surface area contributed by atoms with Crippen LogP contribution in [0.4, 0.5) is 0 Å². The number of hydrogen-bond donors (Lipinski definition) is 1. The molecule has 1 N–H and O–H groups in total. The second-order valence-corrected chi connectivity index (χ2v) is 6.36. The molecule has 0 radical (unpaired) electrons. The van der Waals surface area contributed by atoms with Gasteiger partial charge in [0.25, 0.3) is 5.56 Å². The maximum absolute atomic E-state index is 11.8. The lowest BCUT2D eigenvalue weighted by molar-refractivity contribution is 0.0653. The van der Waals surface area contributed by atoms with Crippen molar-refractivity contribution < 1.29 is 14.2 Å². The SMILES string of the molecule is COc1cc2c(=O)[nH]cnc2cc1OCCOCCN1CCN(C)CC1. The molecule has 2 aromatic rings. The number of fused-ring (bicyclic) bond motifs is 1. The van der Waals surface area contributed by atoms with E-state index in [9.17, 15) is 4.79 Å². The van der Waals surface area contributed by atoms with Crippen molar-refractivity contribution in [2.24, 2.45) is 0 Å². The molecule has 0 bridgehead atoms. The summed E-state index contributed by atoms with van der Waals surface area (Å²) in [6.45, 7) is 6.96. The number of ether oxygens (including phenoxy) is 3. The molecule has 0 amide bonds. The van der Waals surface area contributed by atoms with Crippen LogP contribution in [0.15, 0.2) is 23.3 Å². The summed E-state index contributed by atoms with van der Waals surface area (Å²) in [4.78, 5) is 23.3. The quantitative estimate of drug-likeness (QED) is 0.688. The molecule has 2 heterocycles. The fourth-order valence-electron chi connectivity index (χ4n) is 2.93. The molecule has 3 rings (SSSR count). The van der Waals surface area contributed by atoms with Crippen LogP contribution in [0.1, 0.15) is 0 Å². The molecule has 142 valence electrons. The van der Waals surface area contributed by atoms with E-state index in [1.165, 1.54) is 6.33 Å². The van der Waals surface area contributed by atoms with Crippen molar-refractivity contribution >= 4 is 10.9 Å². The standard InChI is InChI=1S/C18H26N4O4/c1-21-3-5-22(6-4-21)7-8-25-9-10-26-17-12-15-14(11-16(17)24-2)18(23)20-13-19-15/h11-13H,3-10H2,1-2H3,(H,19,20,23). The third-order valence-corrected chi connectivity index (χ3v) is 4.56. The Morgan fingerprint density at radius 3 is 2.69 bits per heavy atom. The predicted octanol–water partition coefficient (Wildman–Crippen LogP) is 0.575. The van der Waals surface area contributed by atoms with E-state index in [1.807, 2.05) is 0 Å². The highest BCUT2D eigenvalue weighted by atomic mass is 16.5. The largest absolute Gasteiger partial charge is 0.493 e. The number of methoxy groups -OCH3 is 1. The van der Waals surface area contributed by atoms with Crippen LogP contribution in [-0.2, 0) is 4.74 Å². The highest BCUT2D eigenvalue weighted by molar-refractivity contribution is 5.81. The van der Waals surface area contributed by atoms with Crippen molar-refractivity contribution in [2.45, 2.75) is 0 Å². The summed E-state index contributed by atoms with van der Waals surface area (Å²) in [5, 5.41) is 0.472. The Morgan fingerprint density at radius 1 is 1.12 bits per heavy atom. The minimum absolute atomic E-state index is 0.202. The molecule has 1 aliphatic rings. The predicted molar refractivity (Wildman–Crippen MR) is 99.2 cm³/mol. The van der Waals surface area contributed by atoms with Gasteiger partial charge in [-0.15, -0.1) is 0 Å². The lowest BCUT2D eigenvalue weighted by Crippen LogP contribution is -2.45. The first-order valence-electron chi connectivity index (χ1n) is 8.84. The first-order chi connectivity index (χ1) is 12.7. The second-order valence-electron chi connectivity index (χ2n) is 6.36. The number of aromatic amines is 1. The van der Waals surface area contributed by atoms with Gasteiger partial charge in [-0.2, -0.15) is 0 Å². The van der Waals surface area contributed by atoms with Crippen LogP contribution in [-0.4, -0.2) is 86.5 Å². The van der Waals surface area contributed by atoms with Crippen LogP contribution < -0.4 is 15.0 Å². The zero-order valence-electron chi connectivity index (χ0n) is 15.4. The average Bonchev–Trinajstić information content (AvgIpc) is 2.65. The first-order valence-corrected chi connectivity index (χ1v) is 8.84. The molecule has 1 aromatic carbocycles.